The van der Waals surface area contributed by atoms with E-state index in [9.17, 15) is 0 Å². The van der Waals surface area contributed by atoms with Gasteiger partial charge in [-0.15, -0.1) is 0 Å². The predicted octanol–water partition coefficient (Wildman–Crippen LogP) is 2.48. The number of fused-ring (bicyclic) bond motifs is 1. The van der Waals surface area contributed by atoms with E-state index in [1.807, 2.05) is 17.8 Å². The first kappa shape index (κ1) is 12.9. The molecule has 7 nitrogen and oxygen atoms in total. The largest absolute Gasteiger partial charge is 0.435 e. The molecule has 20 heavy (non-hydrogen) atoms. The summed E-state index contributed by atoms with van der Waals surface area (Å²) in [4.78, 5) is 8.14. The van der Waals surface area contributed by atoms with Gasteiger partial charge >= 0.3 is 0 Å². The van der Waals surface area contributed by atoms with Crippen LogP contribution < -0.4 is 4.74 Å². The van der Waals surface area contributed by atoms with E-state index >= 15 is 0 Å². The second-order valence-electron chi connectivity index (χ2n) is 4.35. The average Bonchev–Trinajstić information content (AvgIpc) is 3.04. The second-order valence-corrected chi connectivity index (χ2v) is 4.70. The normalized spacial score (nSPS) is 11.2. The summed E-state index contributed by atoms with van der Waals surface area (Å²) in [5.74, 6) is 1.52. The van der Waals surface area contributed by atoms with Crippen molar-refractivity contribution < 1.29 is 4.74 Å². The van der Waals surface area contributed by atoms with Gasteiger partial charge in [0.1, 0.15) is 11.5 Å². The van der Waals surface area contributed by atoms with Crippen LogP contribution in [0.25, 0.3) is 5.78 Å². The van der Waals surface area contributed by atoms with E-state index in [-0.39, 0.29) is 0 Å². The van der Waals surface area contributed by atoms with Crippen molar-refractivity contribution in [3.8, 4) is 11.6 Å². The molecule has 0 bridgehead atoms. The maximum atomic E-state index is 6.08. The number of aryl methyl sites for hydroxylation is 1. The highest BCUT2D eigenvalue weighted by molar-refractivity contribution is 6.30. The number of hydrogen-bond acceptors (Lipinski definition) is 5. The van der Waals surface area contributed by atoms with Crippen molar-refractivity contribution in [2.75, 3.05) is 0 Å². The lowest BCUT2D eigenvalue weighted by Gasteiger charge is -2.08. The van der Waals surface area contributed by atoms with Crippen LogP contribution in [0, 0.1) is 6.92 Å². The third-order valence-corrected chi connectivity index (χ3v) is 3.20. The summed E-state index contributed by atoms with van der Waals surface area (Å²) in [5.41, 5.74) is 0.702. The van der Waals surface area contributed by atoms with Gasteiger partial charge < -0.3 is 4.74 Å². The fraction of sp³-hybridized carbons (Fsp3) is 0.333. The van der Waals surface area contributed by atoms with Crippen LogP contribution >= 0.6 is 11.6 Å². The van der Waals surface area contributed by atoms with Crippen molar-refractivity contribution in [3.05, 3.63) is 29.4 Å². The summed E-state index contributed by atoms with van der Waals surface area (Å²) >= 11 is 6.08. The Morgan fingerprint density at radius 2 is 2.20 bits per heavy atom. The maximum Gasteiger partial charge on any atom is 0.256 e. The molecule has 0 aliphatic carbocycles. The van der Waals surface area contributed by atoms with Crippen LogP contribution in [0.2, 0.25) is 5.15 Å². The molecule has 0 atom stereocenters. The lowest BCUT2D eigenvalue weighted by Crippen LogP contribution is -2.01. The summed E-state index contributed by atoms with van der Waals surface area (Å²) in [6.07, 6.45) is 5.91. The van der Waals surface area contributed by atoms with E-state index in [0.29, 0.717) is 28.1 Å². The summed E-state index contributed by atoms with van der Waals surface area (Å²) in [5, 5.41) is 8.66. The van der Waals surface area contributed by atoms with Gasteiger partial charge in [0.05, 0.1) is 12.4 Å². The van der Waals surface area contributed by atoms with E-state index in [1.165, 1.54) is 10.8 Å². The molecule has 3 rings (SSSR count). The van der Waals surface area contributed by atoms with Crippen LogP contribution in [0.15, 0.2) is 18.7 Å². The zero-order chi connectivity index (χ0) is 14.1. The summed E-state index contributed by atoms with van der Waals surface area (Å²) in [7, 11) is 0. The SMILES string of the molecule is CCCn1cc(Oc2c(C)c(Cl)nc3ncnn23)cn1. The molecule has 0 aliphatic heterocycles. The van der Waals surface area contributed by atoms with Crippen LogP contribution in [-0.4, -0.2) is 29.4 Å². The summed E-state index contributed by atoms with van der Waals surface area (Å²) in [6, 6.07) is 0. The number of nitrogens with zero attached hydrogens (tertiary/aromatic N) is 6. The van der Waals surface area contributed by atoms with E-state index in [4.69, 9.17) is 16.3 Å². The van der Waals surface area contributed by atoms with E-state index in [1.54, 1.807) is 6.20 Å². The molecule has 0 saturated heterocycles. The number of aromatic nitrogens is 6. The molecule has 3 aromatic heterocycles. The zero-order valence-electron chi connectivity index (χ0n) is 11.1. The Kier molecular flexibility index (Phi) is 3.27. The Hall–Kier alpha value is -2.15. The first-order valence-corrected chi connectivity index (χ1v) is 6.63. The minimum absolute atomic E-state index is 0.349. The third-order valence-electron chi connectivity index (χ3n) is 2.83. The van der Waals surface area contributed by atoms with Crippen molar-refractivity contribution in [3.63, 3.8) is 0 Å². The van der Waals surface area contributed by atoms with Crippen molar-refractivity contribution >= 4 is 17.4 Å². The van der Waals surface area contributed by atoms with Crippen LogP contribution in [0.3, 0.4) is 0 Å². The first-order valence-electron chi connectivity index (χ1n) is 6.25. The Bertz CT molecular complexity index is 750. The molecule has 0 unspecified atom stereocenters. The Labute approximate surface area is 120 Å². The van der Waals surface area contributed by atoms with Gasteiger partial charge in [-0.3, -0.25) is 4.68 Å². The van der Waals surface area contributed by atoms with Crippen molar-refractivity contribution in [1.29, 1.82) is 0 Å². The smallest absolute Gasteiger partial charge is 0.256 e. The number of hydrogen-bond donors (Lipinski definition) is 0. The van der Waals surface area contributed by atoms with Crippen LogP contribution in [-0.2, 0) is 6.54 Å². The third kappa shape index (κ3) is 2.20. The number of halogens is 1. The number of ether oxygens (including phenoxy) is 1. The van der Waals surface area contributed by atoms with Crippen molar-refractivity contribution in [1.82, 2.24) is 29.4 Å². The van der Waals surface area contributed by atoms with Gasteiger partial charge in [0, 0.05) is 12.1 Å². The predicted molar refractivity (Wildman–Crippen MR) is 73.1 cm³/mol. The highest BCUT2D eigenvalue weighted by Crippen LogP contribution is 2.28. The maximum absolute atomic E-state index is 6.08. The molecule has 0 aromatic carbocycles. The van der Waals surface area contributed by atoms with Crippen molar-refractivity contribution in [2.24, 2.45) is 0 Å². The minimum atomic E-state index is 0.349. The standard InChI is InChI=1S/C12H13ClN6O/c1-3-4-18-6-9(5-15-18)20-11-8(2)10(13)17-12-14-7-16-19(11)12/h5-7H,3-4H2,1-2H3. The van der Waals surface area contributed by atoms with E-state index in [2.05, 4.69) is 27.1 Å². The van der Waals surface area contributed by atoms with Gasteiger partial charge in [0.15, 0.2) is 5.75 Å². The summed E-state index contributed by atoms with van der Waals surface area (Å²) in [6.45, 7) is 4.76. The van der Waals surface area contributed by atoms with Gasteiger partial charge in [0.25, 0.3) is 5.78 Å². The molecule has 8 heteroatoms. The first-order chi connectivity index (χ1) is 9.69. The average molecular weight is 293 g/mol. The fourth-order valence-corrected chi connectivity index (χ4v) is 2.01. The molecular formula is C12H13ClN6O. The molecule has 3 heterocycles. The Morgan fingerprint density at radius 1 is 1.35 bits per heavy atom. The summed E-state index contributed by atoms with van der Waals surface area (Å²) < 4.78 is 9.18. The molecular weight excluding hydrogens is 280 g/mol. The quantitative estimate of drug-likeness (QED) is 0.691. The lowest BCUT2D eigenvalue weighted by atomic mass is 10.4. The zero-order valence-corrected chi connectivity index (χ0v) is 11.9. The topological polar surface area (TPSA) is 70.1 Å². The molecule has 104 valence electrons. The fourth-order valence-electron chi connectivity index (χ4n) is 1.85. The minimum Gasteiger partial charge on any atom is -0.435 e. The molecule has 0 saturated carbocycles. The van der Waals surface area contributed by atoms with Crippen LogP contribution in [0.1, 0.15) is 18.9 Å². The molecule has 0 fully saturated rings. The van der Waals surface area contributed by atoms with E-state index < -0.39 is 0 Å². The monoisotopic (exact) mass is 292 g/mol. The van der Waals surface area contributed by atoms with Gasteiger partial charge in [-0.2, -0.15) is 24.7 Å². The molecule has 0 amide bonds. The Balaban J connectivity index is 2.00. The van der Waals surface area contributed by atoms with Gasteiger partial charge in [-0.1, -0.05) is 18.5 Å². The van der Waals surface area contributed by atoms with Crippen LogP contribution in [0.4, 0.5) is 0 Å². The van der Waals surface area contributed by atoms with Gasteiger partial charge in [-0.25, -0.2) is 0 Å². The van der Waals surface area contributed by atoms with Gasteiger partial charge in [0.2, 0.25) is 5.88 Å². The second kappa shape index (κ2) is 5.09. The highest BCUT2D eigenvalue weighted by atomic mass is 35.5. The number of rotatable bonds is 4. The Morgan fingerprint density at radius 3 is 3.00 bits per heavy atom. The van der Waals surface area contributed by atoms with Gasteiger partial charge in [-0.05, 0) is 13.3 Å². The van der Waals surface area contributed by atoms with E-state index in [0.717, 1.165) is 13.0 Å². The highest BCUT2D eigenvalue weighted by Gasteiger charge is 2.15. The molecule has 3 aromatic rings. The lowest BCUT2D eigenvalue weighted by molar-refractivity contribution is 0.440. The molecule has 0 aliphatic rings. The molecule has 0 spiro atoms. The van der Waals surface area contributed by atoms with Crippen molar-refractivity contribution in [2.45, 2.75) is 26.8 Å². The van der Waals surface area contributed by atoms with Crippen LogP contribution in [0.5, 0.6) is 11.6 Å². The molecule has 0 N–H and O–H groups in total. The molecule has 0 radical (unpaired) electrons.